The lowest BCUT2D eigenvalue weighted by Gasteiger charge is -2.21. The Labute approximate surface area is 157 Å². The average molecular weight is 354 g/mol. The van der Waals surface area contributed by atoms with Crippen molar-refractivity contribution >= 4 is 5.96 Å². The Morgan fingerprint density at radius 1 is 0.923 bits per heavy atom. The first-order valence-corrected chi connectivity index (χ1v) is 9.25. The normalized spacial score (nSPS) is 12.9. The van der Waals surface area contributed by atoms with Crippen LogP contribution in [0.3, 0.4) is 0 Å². The molecule has 0 aliphatic carbocycles. The molecule has 0 aromatic heterocycles. The van der Waals surface area contributed by atoms with Gasteiger partial charge in [-0.3, -0.25) is 4.99 Å². The summed E-state index contributed by atoms with van der Waals surface area (Å²) in [6.45, 7) is 8.51. The highest BCUT2D eigenvalue weighted by atomic mass is 16.5. The summed E-state index contributed by atoms with van der Waals surface area (Å²) < 4.78 is 5.90. The minimum absolute atomic E-state index is 0.366. The highest BCUT2D eigenvalue weighted by Crippen LogP contribution is 2.12. The minimum Gasteiger partial charge on any atom is -0.372 e. The fraction of sp³-hybridized carbons (Fsp3) is 0.409. The van der Waals surface area contributed by atoms with E-state index in [1.807, 2.05) is 18.2 Å². The maximum absolute atomic E-state index is 5.90. The maximum Gasteiger partial charge on any atom is 0.191 e. The van der Waals surface area contributed by atoms with Crippen LogP contribution in [-0.4, -0.2) is 19.0 Å². The van der Waals surface area contributed by atoms with Gasteiger partial charge in [-0.25, -0.2) is 0 Å². The van der Waals surface area contributed by atoms with E-state index in [0.717, 1.165) is 12.5 Å². The van der Waals surface area contributed by atoms with E-state index in [1.165, 1.54) is 16.7 Å². The van der Waals surface area contributed by atoms with E-state index >= 15 is 0 Å². The molecule has 2 aromatic carbocycles. The van der Waals surface area contributed by atoms with Crippen molar-refractivity contribution < 1.29 is 4.74 Å². The zero-order valence-corrected chi connectivity index (χ0v) is 16.3. The predicted octanol–water partition coefficient (Wildman–Crippen LogP) is 4.11. The van der Waals surface area contributed by atoms with Gasteiger partial charge in [-0.1, -0.05) is 68.4 Å². The largest absolute Gasteiger partial charge is 0.372 e. The van der Waals surface area contributed by atoms with Gasteiger partial charge in [0.2, 0.25) is 0 Å². The number of guanidine groups is 1. The third kappa shape index (κ3) is 6.52. The zero-order valence-electron chi connectivity index (χ0n) is 16.3. The van der Waals surface area contributed by atoms with Crippen molar-refractivity contribution in [2.75, 3.05) is 7.05 Å². The monoisotopic (exact) mass is 353 g/mol. The van der Waals surface area contributed by atoms with Crippen LogP contribution in [0.2, 0.25) is 0 Å². The van der Waals surface area contributed by atoms with Crippen molar-refractivity contribution in [3.63, 3.8) is 0 Å². The number of hydrogen-bond acceptors (Lipinski definition) is 2. The molecule has 0 spiro atoms. The Morgan fingerprint density at radius 2 is 1.58 bits per heavy atom. The second-order valence-corrected chi connectivity index (χ2v) is 6.85. The smallest absolute Gasteiger partial charge is 0.191 e. The van der Waals surface area contributed by atoms with Crippen molar-refractivity contribution in [3.05, 3.63) is 71.3 Å². The van der Waals surface area contributed by atoms with Crippen LogP contribution in [0.1, 0.15) is 37.5 Å². The third-order valence-electron chi connectivity index (χ3n) is 4.52. The van der Waals surface area contributed by atoms with E-state index in [-0.39, 0.29) is 0 Å². The van der Waals surface area contributed by atoms with Gasteiger partial charge in [-0.15, -0.1) is 0 Å². The molecular formula is C22H31N3O. The number of hydrogen-bond donors (Lipinski definition) is 2. The molecule has 0 aliphatic rings. The van der Waals surface area contributed by atoms with Gasteiger partial charge in [0, 0.05) is 19.6 Å². The standard InChI is InChI=1S/C22H31N3O/c1-17(2)18(3)25-22(23-4)24-14-20-12-8-9-13-21(20)16-26-15-19-10-6-5-7-11-19/h5-13,17-18H,14-16H2,1-4H3,(H2,23,24,25). The third-order valence-corrected chi connectivity index (χ3v) is 4.52. The second kappa shape index (κ2) is 10.6. The molecule has 2 N–H and O–H groups in total. The Morgan fingerprint density at radius 3 is 2.23 bits per heavy atom. The van der Waals surface area contributed by atoms with E-state index in [4.69, 9.17) is 4.74 Å². The molecule has 0 fully saturated rings. The number of nitrogens with zero attached hydrogens (tertiary/aromatic N) is 1. The second-order valence-electron chi connectivity index (χ2n) is 6.85. The topological polar surface area (TPSA) is 45.7 Å². The Bertz CT molecular complexity index is 683. The van der Waals surface area contributed by atoms with Crippen LogP contribution in [-0.2, 0) is 24.5 Å². The molecule has 0 saturated heterocycles. The van der Waals surface area contributed by atoms with Crippen molar-refractivity contribution in [2.24, 2.45) is 10.9 Å². The molecule has 0 aliphatic heterocycles. The summed E-state index contributed by atoms with van der Waals surface area (Å²) in [5, 5.41) is 6.83. The zero-order chi connectivity index (χ0) is 18.8. The van der Waals surface area contributed by atoms with Crippen molar-refractivity contribution in [2.45, 2.75) is 46.6 Å². The van der Waals surface area contributed by atoms with Gasteiger partial charge in [0.15, 0.2) is 5.96 Å². The molecule has 1 atom stereocenters. The van der Waals surface area contributed by atoms with Gasteiger partial charge in [0.1, 0.15) is 0 Å². The molecule has 0 saturated carbocycles. The molecule has 26 heavy (non-hydrogen) atoms. The van der Waals surface area contributed by atoms with Crippen molar-refractivity contribution in [1.29, 1.82) is 0 Å². The number of rotatable bonds is 8. The fourth-order valence-corrected chi connectivity index (χ4v) is 2.48. The first-order chi connectivity index (χ1) is 12.6. The maximum atomic E-state index is 5.90. The van der Waals surface area contributed by atoms with E-state index in [0.29, 0.717) is 25.2 Å². The van der Waals surface area contributed by atoms with Gasteiger partial charge in [0.25, 0.3) is 0 Å². The number of nitrogens with one attached hydrogen (secondary N) is 2. The number of benzene rings is 2. The quantitative estimate of drug-likeness (QED) is 0.554. The predicted molar refractivity (Wildman–Crippen MR) is 109 cm³/mol. The number of aliphatic imine (C=N–C) groups is 1. The first kappa shape index (κ1) is 20.0. The van der Waals surface area contributed by atoms with Crippen LogP contribution in [0.4, 0.5) is 0 Å². The number of ether oxygens (including phenoxy) is 1. The average Bonchev–Trinajstić information content (AvgIpc) is 2.66. The van der Waals surface area contributed by atoms with Crippen LogP contribution < -0.4 is 10.6 Å². The first-order valence-electron chi connectivity index (χ1n) is 9.25. The van der Waals surface area contributed by atoms with E-state index in [1.54, 1.807) is 7.05 Å². The molecule has 0 heterocycles. The van der Waals surface area contributed by atoms with Crippen molar-refractivity contribution in [3.8, 4) is 0 Å². The summed E-state index contributed by atoms with van der Waals surface area (Å²) in [6.07, 6.45) is 0. The van der Waals surface area contributed by atoms with Crippen molar-refractivity contribution in [1.82, 2.24) is 10.6 Å². The summed E-state index contributed by atoms with van der Waals surface area (Å²) in [7, 11) is 1.80. The Balaban J connectivity index is 1.89. The van der Waals surface area contributed by atoms with Crippen LogP contribution in [0.5, 0.6) is 0 Å². The van der Waals surface area contributed by atoms with E-state index < -0.39 is 0 Å². The summed E-state index contributed by atoms with van der Waals surface area (Å²) in [6, 6.07) is 19.0. The van der Waals surface area contributed by atoms with Crippen LogP contribution in [0, 0.1) is 5.92 Å². The van der Waals surface area contributed by atoms with E-state index in [2.05, 4.69) is 72.8 Å². The molecule has 4 heteroatoms. The summed E-state index contributed by atoms with van der Waals surface area (Å²) in [5.41, 5.74) is 3.61. The van der Waals surface area contributed by atoms with Gasteiger partial charge in [-0.2, -0.15) is 0 Å². The lowest BCUT2D eigenvalue weighted by atomic mass is 10.1. The summed E-state index contributed by atoms with van der Waals surface area (Å²) >= 11 is 0. The highest BCUT2D eigenvalue weighted by molar-refractivity contribution is 5.79. The van der Waals surface area contributed by atoms with E-state index in [9.17, 15) is 0 Å². The fourth-order valence-electron chi connectivity index (χ4n) is 2.48. The Hall–Kier alpha value is -2.33. The van der Waals surface area contributed by atoms with Gasteiger partial charge < -0.3 is 15.4 Å². The summed E-state index contributed by atoms with van der Waals surface area (Å²) in [4.78, 5) is 4.32. The highest BCUT2D eigenvalue weighted by Gasteiger charge is 2.09. The molecule has 2 aromatic rings. The summed E-state index contributed by atoms with van der Waals surface area (Å²) in [5.74, 6) is 1.37. The SMILES string of the molecule is CN=C(NCc1ccccc1COCc1ccccc1)NC(C)C(C)C. The molecule has 0 amide bonds. The van der Waals surface area contributed by atoms with Gasteiger partial charge in [-0.05, 0) is 29.5 Å². The molecule has 0 bridgehead atoms. The van der Waals surface area contributed by atoms with Crippen LogP contribution in [0.25, 0.3) is 0 Å². The molecule has 4 nitrogen and oxygen atoms in total. The Kier molecular flexibility index (Phi) is 8.16. The van der Waals surface area contributed by atoms with Gasteiger partial charge in [0.05, 0.1) is 13.2 Å². The lowest BCUT2D eigenvalue weighted by molar-refractivity contribution is 0.106. The van der Waals surface area contributed by atoms with Crippen LogP contribution >= 0.6 is 0 Å². The molecule has 2 rings (SSSR count). The lowest BCUT2D eigenvalue weighted by Crippen LogP contribution is -2.44. The molecule has 140 valence electrons. The molecule has 1 unspecified atom stereocenters. The van der Waals surface area contributed by atoms with Gasteiger partial charge >= 0.3 is 0 Å². The molecule has 0 radical (unpaired) electrons. The molecular weight excluding hydrogens is 322 g/mol. The van der Waals surface area contributed by atoms with Crippen LogP contribution in [0.15, 0.2) is 59.6 Å². The minimum atomic E-state index is 0.366.